The van der Waals surface area contributed by atoms with Crippen molar-refractivity contribution in [3.05, 3.63) is 78.2 Å². The number of nitrogens with two attached hydrogens (primary N) is 1. The third-order valence-corrected chi connectivity index (χ3v) is 8.79. The molecule has 0 radical (unpaired) electrons. The number of aliphatic hydroxyl groups excluding tert-OH is 1. The zero-order valence-corrected chi connectivity index (χ0v) is 24.4. The van der Waals surface area contributed by atoms with Crippen LogP contribution in [0.5, 0.6) is 0 Å². The Hall–Kier alpha value is -4.34. The second kappa shape index (κ2) is 12.5. The van der Waals surface area contributed by atoms with Crippen molar-refractivity contribution in [2.24, 2.45) is 5.73 Å². The van der Waals surface area contributed by atoms with Crippen LogP contribution in [0.4, 0.5) is 5.69 Å². The average molecular weight is 579 g/mol. The number of nitrogens with zero attached hydrogens (tertiary/aromatic N) is 3. The van der Waals surface area contributed by atoms with Gasteiger partial charge in [-0.25, -0.2) is 0 Å². The molecule has 2 aromatic carbocycles. The van der Waals surface area contributed by atoms with Crippen LogP contribution in [0, 0.1) is 0 Å². The van der Waals surface area contributed by atoms with Gasteiger partial charge in [-0.15, -0.1) is 0 Å². The van der Waals surface area contributed by atoms with E-state index in [2.05, 4.69) is 27.6 Å². The highest BCUT2D eigenvalue weighted by Crippen LogP contribution is 2.35. The number of piperidine rings is 1. The number of likely N-dealkylation sites (tertiary alicyclic amines) is 1. The Labute approximate surface area is 251 Å². The van der Waals surface area contributed by atoms with Gasteiger partial charge in [-0.1, -0.05) is 24.3 Å². The summed E-state index contributed by atoms with van der Waals surface area (Å²) in [5.74, 6) is -0.598. The summed E-state index contributed by atoms with van der Waals surface area (Å²) >= 11 is 0. The fraction of sp³-hybridized carbons (Fsp3) is 0.353. The summed E-state index contributed by atoms with van der Waals surface area (Å²) in [6.45, 7) is 1.95. The van der Waals surface area contributed by atoms with Crippen molar-refractivity contribution < 1.29 is 14.7 Å². The molecule has 9 heteroatoms. The molecule has 0 atom stereocenters. The number of pyridine rings is 2. The Morgan fingerprint density at radius 3 is 2.47 bits per heavy atom. The maximum atomic E-state index is 13.1. The lowest BCUT2D eigenvalue weighted by Gasteiger charge is -2.29. The summed E-state index contributed by atoms with van der Waals surface area (Å²) in [6.07, 6.45) is 9.90. The van der Waals surface area contributed by atoms with Gasteiger partial charge >= 0.3 is 0 Å². The fourth-order valence-corrected chi connectivity index (χ4v) is 6.29. The van der Waals surface area contributed by atoms with E-state index in [9.17, 15) is 14.7 Å². The van der Waals surface area contributed by atoms with Gasteiger partial charge < -0.3 is 26.4 Å². The summed E-state index contributed by atoms with van der Waals surface area (Å²) in [4.78, 5) is 36.8. The number of carbonyl (C=O) groups excluding carboxylic acids is 2. The first-order chi connectivity index (χ1) is 20.9. The number of aliphatic hydroxyl groups is 1. The molecule has 5 N–H and O–H groups in total. The number of primary amides is 1. The van der Waals surface area contributed by atoms with Crippen molar-refractivity contribution in [3.8, 4) is 22.4 Å². The van der Waals surface area contributed by atoms with Crippen LogP contribution in [0.15, 0.2) is 67.1 Å². The molecule has 0 unspecified atom stereocenters. The molecule has 1 saturated carbocycles. The predicted octanol–water partition coefficient (Wildman–Crippen LogP) is 4.60. The van der Waals surface area contributed by atoms with Gasteiger partial charge in [0.15, 0.2) is 0 Å². The molecule has 9 nitrogen and oxygen atoms in total. The molecule has 6 rings (SSSR count). The van der Waals surface area contributed by atoms with Gasteiger partial charge in [-0.05, 0) is 93.9 Å². The van der Waals surface area contributed by atoms with Crippen molar-refractivity contribution in [1.82, 2.24) is 20.2 Å². The molecule has 2 fully saturated rings. The summed E-state index contributed by atoms with van der Waals surface area (Å²) in [7, 11) is 2.10. The van der Waals surface area contributed by atoms with E-state index in [1.807, 2.05) is 42.5 Å². The Morgan fingerprint density at radius 2 is 1.70 bits per heavy atom. The molecule has 1 aliphatic heterocycles. The second-order valence-electron chi connectivity index (χ2n) is 11.8. The van der Waals surface area contributed by atoms with E-state index in [0.29, 0.717) is 16.8 Å². The van der Waals surface area contributed by atoms with Crippen molar-refractivity contribution in [1.29, 1.82) is 0 Å². The highest BCUT2D eigenvalue weighted by molar-refractivity contribution is 6.05. The van der Waals surface area contributed by atoms with Crippen molar-refractivity contribution in [3.63, 3.8) is 0 Å². The van der Waals surface area contributed by atoms with Crippen LogP contribution in [0.1, 0.15) is 59.2 Å². The normalized spacial score (nSPS) is 19.7. The second-order valence-corrected chi connectivity index (χ2v) is 11.8. The topological polar surface area (TPSA) is 133 Å². The first-order valence-corrected chi connectivity index (χ1v) is 15.1. The number of anilines is 1. The third-order valence-electron chi connectivity index (χ3n) is 8.79. The van der Waals surface area contributed by atoms with E-state index in [1.54, 1.807) is 24.7 Å². The van der Waals surface area contributed by atoms with Gasteiger partial charge in [-0.3, -0.25) is 19.6 Å². The van der Waals surface area contributed by atoms with Crippen LogP contribution in [-0.4, -0.2) is 70.1 Å². The Balaban J connectivity index is 1.31. The number of hydrogen-bond donors (Lipinski definition) is 4. The molecule has 2 aromatic heterocycles. The van der Waals surface area contributed by atoms with Crippen molar-refractivity contribution >= 4 is 28.3 Å². The largest absolute Gasteiger partial charge is 0.393 e. The maximum Gasteiger partial charge on any atom is 0.253 e. The highest BCUT2D eigenvalue weighted by atomic mass is 16.3. The molecule has 2 aliphatic rings. The molecule has 3 heterocycles. The molecule has 0 spiro atoms. The molecule has 1 saturated heterocycles. The van der Waals surface area contributed by atoms with E-state index in [-0.39, 0.29) is 24.1 Å². The van der Waals surface area contributed by atoms with Crippen LogP contribution in [0.25, 0.3) is 33.2 Å². The zero-order chi connectivity index (χ0) is 29.9. The van der Waals surface area contributed by atoms with E-state index >= 15 is 0 Å². The molecule has 43 heavy (non-hydrogen) atoms. The van der Waals surface area contributed by atoms with Crippen LogP contribution in [0.2, 0.25) is 0 Å². The summed E-state index contributed by atoms with van der Waals surface area (Å²) in [6, 6.07) is 15.8. The lowest BCUT2D eigenvalue weighted by Crippen LogP contribution is -2.43. The molecule has 2 amide bonds. The Bertz CT molecular complexity index is 1640. The standard InChI is InChI=1S/C34H38N6O3/c1-40-15-12-25(13-16-40)39-34(43)23-17-22(19-36-20-23)27-3-2-4-29-28(27)11-14-37-32(29)21-5-10-30(33(35)42)31(18-21)38-24-6-8-26(41)9-7-24/h2-5,10-11,14,17-20,24-26,38,41H,6-9,12-13,15-16H2,1H3,(H2,35,42)(H,39,43). The van der Waals surface area contributed by atoms with E-state index in [1.165, 1.54) is 0 Å². The minimum Gasteiger partial charge on any atom is -0.393 e. The quantitative estimate of drug-likeness (QED) is 0.252. The van der Waals surface area contributed by atoms with Gasteiger partial charge in [0.2, 0.25) is 0 Å². The number of hydrogen-bond acceptors (Lipinski definition) is 7. The number of nitrogens with one attached hydrogen (secondary N) is 2. The number of fused-ring (bicyclic) bond motifs is 1. The summed E-state index contributed by atoms with van der Waals surface area (Å²) < 4.78 is 0. The number of rotatable bonds is 7. The Morgan fingerprint density at radius 1 is 0.907 bits per heavy atom. The van der Waals surface area contributed by atoms with Crippen LogP contribution < -0.4 is 16.4 Å². The molecule has 1 aliphatic carbocycles. The Kier molecular flexibility index (Phi) is 8.35. The van der Waals surface area contributed by atoms with Gasteiger partial charge in [0.1, 0.15) is 0 Å². The predicted molar refractivity (Wildman–Crippen MR) is 169 cm³/mol. The lowest BCUT2D eigenvalue weighted by atomic mass is 9.92. The SMILES string of the molecule is CN1CCC(NC(=O)c2cncc(-c3cccc4c(-c5ccc(C(N)=O)c(NC6CCC(O)CC6)c5)nccc34)c2)CC1. The van der Waals surface area contributed by atoms with E-state index < -0.39 is 5.91 Å². The first-order valence-electron chi connectivity index (χ1n) is 15.1. The fourth-order valence-electron chi connectivity index (χ4n) is 6.29. The number of benzene rings is 2. The minimum absolute atomic E-state index is 0.103. The van der Waals surface area contributed by atoms with Crippen molar-refractivity contribution in [2.75, 3.05) is 25.5 Å². The van der Waals surface area contributed by atoms with Crippen LogP contribution in [-0.2, 0) is 0 Å². The van der Waals surface area contributed by atoms with Crippen LogP contribution >= 0.6 is 0 Å². The molecule has 0 bridgehead atoms. The summed E-state index contributed by atoms with van der Waals surface area (Å²) in [5.41, 5.74) is 10.8. The summed E-state index contributed by atoms with van der Waals surface area (Å²) in [5, 5.41) is 18.5. The molecular weight excluding hydrogens is 540 g/mol. The first kappa shape index (κ1) is 28.8. The lowest BCUT2D eigenvalue weighted by molar-refractivity contribution is 0.0915. The number of amides is 2. The monoisotopic (exact) mass is 578 g/mol. The minimum atomic E-state index is -0.495. The van der Waals surface area contributed by atoms with Crippen molar-refractivity contribution in [2.45, 2.75) is 56.7 Å². The van der Waals surface area contributed by atoms with Gasteiger partial charge in [0, 0.05) is 52.9 Å². The smallest absolute Gasteiger partial charge is 0.253 e. The van der Waals surface area contributed by atoms with Gasteiger partial charge in [0.25, 0.3) is 11.8 Å². The molecular formula is C34H38N6O3. The highest BCUT2D eigenvalue weighted by Gasteiger charge is 2.22. The molecule has 4 aromatic rings. The zero-order valence-electron chi connectivity index (χ0n) is 24.4. The third kappa shape index (κ3) is 6.38. The average Bonchev–Trinajstić information content (AvgIpc) is 3.02. The van der Waals surface area contributed by atoms with E-state index in [0.717, 1.165) is 84.8 Å². The number of aromatic nitrogens is 2. The van der Waals surface area contributed by atoms with Gasteiger partial charge in [-0.2, -0.15) is 0 Å². The van der Waals surface area contributed by atoms with Gasteiger partial charge in [0.05, 0.1) is 22.9 Å². The maximum absolute atomic E-state index is 13.1. The molecule has 222 valence electrons. The van der Waals surface area contributed by atoms with E-state index in [4.69, 9.17) is 10.7 Å². The van der Waals surface area contributed by atoms with Crippen LogP contribution in [0.3, 0.4) is 0 Å². The number of carbonyl (C=O) groups is 2.